The van der Waals surface area contributed by atoms with Crippen molar-refractivity contribution >= 4 is 0 Å². The van der Waals surface area contributed by atoms with Gasteiger partial charge in [-0.05, 0) is 31.6 Å². The van der Waals surface area contributed by atoms with Crippen molar-refractivity contribution in [2.75, 3.05) is 20.0 Å². The molecule has 1 heterocycles. The SMILES string of the molecule is CCCCCCCC1COCOC1C.CCOc1cc2ccc1=2. The number of benzene rings is 1. The quantitative estimate of drug-likeness (QED) is 0.638. The van der Waals surface area contributed by atoms with Gasteiger partial charge in [0, 0.05) is 11.1 Å². The third-order valence-electron chi connectivity index (χ3n) is 4.68. The number of ether oxygens (including phenoxy) is 3. The van der Waals surface area contributed by atoms with Crippen molar-refractivity contribution in [1.29, 1.82) is 0 Å². The number of hydrogen-bond acceptors (Lipinski definition) is 3. The van der Waals surface area contributed by atoms with Crippen LogP contribution >= 0.6 is 0 Å². The zero-order valence-electron chi connectivity index (χ0n) is 15.0. The van der Waals surface area contributed by atoms with Gasteiger partial charge in [0.1, 0.15) is 12.5 Å². The Hall–Kier alpha value is -1.06. The Kier molecular flexibility index (Phi) is 7.90. The van der Waals surface area contributed by atoms with Crippen LogP contribution in [0.15, 0.2) is 18.2 Å². The molecule has 0 aromatic carbocycles. The van der Waals surface area contributed by atoms with E-state index in [1.165, 1.54) is 49.0 Å². The van der Waals surface area contributed by atoms with Crippen LogP contribution in [0, 0.1) is 16.4 Å². The summed E-state index contributed by atoms with van der Waals surface area (Å²) in [5.41, 5.74) is 0. The molecule has 0 aromatic rings. The van der Waals surface area contributed by atoms with Crippen LogP contribution < -0.4 is 4.74 Å². The first-order valence-corrected chi connectivity index (χ1v) is 9.22. The Balaban J connectivity index is 0.000000182. The summed E-state index contributed by atoms with van der Waals surface area (Å²) in [6, 6.07) is 6.25. The zero-order valence-corrected chi connectivity index (χ0v) is 15.0. The highest BCUT2D eigenvalue weighted by molar-refractivity contribution is 5.38. The molecule has 3 aliphatic rings. The van der Waals surface area contributed by atoms with E-state index >= 15 is 0 Å². The van der Waals surface area contributed by atoms with Crippen molar-refractivity contribution in [3.8, 4) is 5.75 Å². The third-order valence-corrected chi connectivity index (χ3v) is 4.68. The largest absolute Gasteiger partial charge is 0.493 e. The van der Waals surface area contributed by atoms with E-state index in [9.17, 15) is 0 Å². The van der Waals surface area contributed by atoms with Gasteiger partial charge in [-0.1, -0.05) is 51.2 Å². The van der Waals surface area contributed by atoms with Gasteiger partial charge < -0.3 is 14.2 Å². The van der Waals surface area contributed by atoms with E-state index in [-0.39, 0.29) is 0 Å². The molecular formula is C20H32O3. The molecule has 0 amide bonds. The summed E-state index contributed by atoms with van der Waals surface area (Å²) in [5, 5.41) is 2.65. The van der Waals surface area contributed by atoms with Gasteiger partial charge in [-0.15, -0.1) is 0 Å². The molecule has 23 heavy (non-hydrogen) atoms. The van der Waals surface area contributed by atoms with Gasteiger partial charge in [0.05, 0.1) is 19.3 Å². The maximum Gasteiger partial charge on any atom is 0.147 e. The second-order valence-corrected chi connectivity index (χ2v) is 6.47. The Labute approximate surface area is 140 Å². The first kappa shape index (κ1) is 18.3. The first-order valence-electron chi connectivity index (χ1n) is 9.22. The molecule has 1 saturated heterocycles. The van der Waals surface area contributed by atoms with Gasteiger partial charge >= 0.3 is 0 Å². The van der Waals surface area contributed by atoms with E-state index in [4.69, 9.17) is 14.2 Å². The minimum atomic E-state index is 0.398. The highest BCUT2D eigenvalue weighted by atomic mass is 16.7. The number of rotatable bonds is 8. The lowest BCUT2D eigenvalue weighted by atomic mass is 9.96. The Morgan fingerprint density at radius 2 is 1.96 bits per heavy atom. The molecule has 3 rings (SSSR count). The highest BCUT2D eigenvalue weighted by Crippen LogP contribution is 2.23. The second-order valence-electron chi connectivity index (χ2n) is 6.47. The summed E-state index contributed by atoms with van der Waals surface area (Å²) in [7, 11) is 0. The van der Waals surface area contributed by atoms with Crippen LogP contribution in [0.3, 0.4) is 0 Å². The molecule has 1 fully saturated rings. The van der Waals surface area contributed by atoms with Gasteiger partial charge in [-0.2, -0.15) is 0 Å². The van der Waals surface area contributed by atoms with E-state index in [2.05, 4.69) is 32.0 Å². The van der Waals surface area contributed by atoms with E-state index < -0.39 is 0 Å². The lowest BCUT2D eigenvalue weighted by Gasteiger charge is -2.28. The molecule has 0 radical (unpaired) electrons. The topological polar surface area (TPSA) is 27.7 Å². The minimum absolute atomic E-state index is 0.398. The number of unbranched alkanes of at least 4 members (excludes halogenated alkanes) is 4. The summed E-state index contributed by atoms with van der Waals surface area (Å²) in [6.45, 7) is 8.59. The Morgan fingerprint density at radius 3 is 2.52 bits per heavy atom. The molecule has 0 spiro atoms. The van der Waals surface area contributed by atoms with Crippen LogP contribution in [0.25, 0.3) is 0 Å². The molecule has 0 saturated carbocycles. The molecule has 2 atom stereocenters. The smallest absolute Gasteiger partial charge is 0.147 e. The monoisotopic (exact) mass is 320 g/mol. The van der Waals surface area contributed by atoms with Gasteiger partial charge in [-0.25, -0.2) is 0 Å². The van der Waals surface area contributed by atoms with Gasteiger partial charge in [0.25, 0.3) is 0 Å². The van der Waals surface area contributed by atoms with Crippen molar-refractivity contribution in [2.45, 2.75) is 65.4 Å². The molecule has 0 bridgehead atoms. The van der Waals surface area contributed by atoms with Crippen molar-refractivity contribution in [2.24, 2.45) is 5.92 Å². The van der Waals surface area contributed by atoms with E-state index in [0.717, 1.165) is 19.0 Å². The maximum absolute atomic E-state index is 5.45. The maximum atomic E-state index is 5.45. The van der Waals surface area contributed by atoms with E-state index in [1.54, 1.807) is 0 Å². The van der Waals surface area contributed by atoms with Gasteiger partial charge in [-0.3, -0.25) is 0 Å². The fourth-order valence-electron chi connectivity index (χ4n) is 2.98. The number of hydrogen-bond donors (Lipinski definition) is 0. The fourth-order valence-corrected chi connectivity index (χ4v) is 2.98. The molecule has 0 aromatic heterocycles. The summed E-state index contributed by atoms with van der Waals surface area (Å²) < 4.78 is 16.0. The highest BCUT2D eigenvalue weighted by Gasteiger charge is 2.21. The normalized spacial score (nSPS) is 21.3. The van der Waals surface area contributed by atoms with Crippen molar-refractivity contribution < 1.29 is 14.2 Å². The predicted octanol–water partition coefficient (Wildman–Crippen LogP) is 5.04. The lowest BCUT2D eigenvalue weighted by Crippen LogP contribution is -2.31. The van der Waals surface area contributed by atoms with E-state index in [1.807, 2.05) is 6.92 Å². The molecule has 2 aliphatic carbocycles. The molecule has 0 N–H and O–H groups in total. The standard InChI is InChI=1S/C12H24O2.C8H8O/c1-3-4-5-6-7-8-12-9-13-10-14-11(12)2;1-2-9-8-5-6-3-4-7(6)8/h11-12H,3-10H2,1-2H3;3-5H,2H2,1H3. The van der Waals surface area contributed by atoms with Crippen molar-refractivity contribution in [3.05, 3.63) is 28.6 Å². The first-order chi connectivity index (χ1) is 11.3. The second kappa shape index (κ2) is 9.94. The summed E-state index contributed by atoms with van der Waals surface area (Å²) >= 11 is 0. The van der Waals surface area contributed by atoms with Crippen LogP contribution in [0.4, 0.5) is 0 Å². The Bertz CT molecular complexity index is 540. The van der Waals surface area contributed by atoms with E-state index in [0.29, 0.717) is 18.8 Å². The molecule has 2 unspecified atom stereocenters. The third kappa shape index (κ3) is 5.50. The average molecular weight is 320 g/mol. The Morgan fingerprint density at radius 1 is 1.13 bits per heavy atom. The van der Waals surface area contributed by atoms with Gasteiger partial charge in [0.2, 0.25) is 0 Å². The summed E-state index contributed by atoms with van der Waals surface area (Å²) in [4.78, 5) is 0. The molecule has 130 valence electrons. The summed E-state index contributed by atoms with van der Waals surface area (Å²) in [5.74, 6) is 1.69. The average Bonchev–Trinajstić information content (AvgIpc) is 2.54. The minimum Gasteiger partial charge on any atom is -0.493 e. The van der Waals surface area contributed by atoms with Crippen LogP contribution in [0.5, 0.6) is 5.75 Å². The summed E-state index contributed by atoms with van der Waals surface area (Å²) in [6.07, 6.45) is 8.47. The van der Waals surface area contributed by atoms with Gasteiger partial charge in [0.15, 0.2) is 0 Å². The van der Waals surface area contributed by atoms with Crippen molar-refractivity contribution in [1.82, 2.24) is 0 Å². The van der Waals surface area contributed by atoms with Crippen LogP contribution in [0.1, 0.15) is 59.3 Å². The molecular weight excluding hydrogens is 288 g/mol. The lowest BCUT2D eigenvalue weighted by molar-refractivity contribution is -0.165. The van der Waals surface area contributed by atoms with Crippen LogP contribution in [-0.4, -0.2) is 26.1 Å². The molecule has 3 heteroatoms. The van der Waals surface area contributed by atoms with Crippen LogP contribution in [0.2, 0.25) is 0 Å². The van der Waals surface area contributed by atoms with Crippen molar-refractivity contribution in [3.63, 3.8) is 0 Å². The fraction of sp³-hybridized carbons (Fsp3) is 0.700. The zero-order chi connectivity index (χ0) is 16.5. The molecule has 1 aliphatic heterocycles. The predicted molar refractivity (Wildman–Crippen MR) is 93.5 cm³/mol. The molecule has 3 nitrogen and oxygen atoms in total. The van der Waals surface area contributed by atoms with Crippen LogP contribution in [-0.2, 0) is 9.47 Å².